The Kier molecular flexibility index (Phi) is 10.2. The van der Waals surface area contributed by atoms with E-state index in [-0.39, 0.29) is 12.1 Å². The second kappa shape index (κ2) is 17.1. The third-order valence-electron chi connectivity index (χ3n) is 15.5. The van der Waals surface area contributed by atoms with Gasteiger partial charge < -0.3 is 23.5 Å². The molecule has 0 saturated heterocycles. The Hall–Kier alpha value is -8.90. The molecule has 0 amide bonds. The van der Waals surface area contributed by atoms with Gasteiger partial charge in [0.15, 0.2) is 0 Å². The van der Waals surface area contributed by atoms with Crippen LogP contribution in [0.3, 0.4) is 0 Å². The van der Waals surface area contributed by atoms with E-state index in [2.05, 4.69) is 229 Å². The molecule has 10 aromatic carbocycles. The minimum atomic E-state index is -0.0742. The molecule has 6 nitrogen and oxygen atoms in total. The van der Waals surface area contributed by atoms with E-state index < -0.39 is 0 Å². The van der Waals surface area contributed by atoms with Crippen LogP contribution < -0.4 is 30.8 Å². The lowest BCUT2D eigenvalue weighted by molar-refractivity contribution is 0.415. The van der Waals surface area contributed by atoms with Gasteiger partial charge >= 0.3 is 0 Å². The highest BCUT2D eigenvalue weighted by Gasteiger charge is 2.42. The van der Waals surface area contributed by atoms with Crippen molar-refractivity contribution >= 4 is 95.5 Å². The second-order valence-corrected chi connectivity index (χ2v) is 21.8. The number of nitrogens with zero attached hydrogens (tertiary/aromatic N) is 4. The molecule has 358 valence electrons. The molecule has 0 saturated carbocycles. The number of fused-ring (bicyclic) bond motifs is 10. The lowest BCUT2D eigenvalue weighted by atomic mass is 9.35. The van der Waals surface area contributed by atoms with E-state index in [1.165, 1.54) is 42.5 Å². The fraction of sp³-hybridized carbons (Fsp3) is 0.0896. The molecule has 0 aliphatic carbocycles. The minimum absolute atomic E-state index is 0.0337. The number of hydrogen-bond donors (Lipinski definition) is 0. The minimum Gasteiger partial charge on any atom is -0.497 e. The predicted molar refractivity (Wildman–Crippen MR) is 312 cm³/mol. The topological polar surface area (TPSA) is 55.4 Å². The maximum atomic E-state index is 10.1. The summed E-state index contributed by atoms with van der Waals surface area (Å²) in [6.07, 6.45) is 0. The zero-order chi connectivity index (χ0) is 50.7. The molecule has 2 aliphatic rings. The highest BCUT2D eigenvalue weighted by molar-refractivity contribution is 8.00. The van der Waals surface area contributed by atoms with Gasteiger partial charge in [-0.2, -0.15) is 5.26 Å². The number of benzene rings is 10. The predicted octanol–water partition coefficient (Wildman–Crippen LogP) is 15.2. The zero-order valence-electron chi connectivity index (χ0n) is 42.2. The van der Waals surface area contributed by atoms with Crippen LogP contribution in [0.5, 0.6) is 11.5 Å². The fourth-order valence-corrected chi connectivity index (χ4v) is 13.2. The number of hydrogen-bond acceptors (Lipinski definition) is 5. The van der Waals surface area contributed by atoms with Crippen LogP contribution in [0, 0.1) is 11.3 Å². The van der Waals surface area contributed by atoms with E-state index in [9.17, 15) is 5.26 Å². The van der Waals surface area contributed by atoms with Crippen LogP contribution in [-0.4, -0.2) is 30.1 Å². The van der Waals surface area contributed by atoms with E-state index in [1.807, 2.05) is 30.0 Å². The summed E-state index contributed by atoms with van der Waals surface area (Å²) in [6.45, 7) is 6.69. The summed E-state index contributed by atoms with van der Waals surface area (Å²) in [5.74, 6) is 1.59. The molecule has 2 aliphatic heterocycles. The van der Waals surface area contributed by atoms with Crippen molar-refractivity contribution in [3.8, 4) is 51.2 Å². The average molecular weight is 985 g/mol. The lowest BCUT2D eigenvalue weighted by Crippen LogP contribution is -2.59. The van der Waals surface area contributed by atoms with Crippen LogP contribution in [0.1, 0.15) is 31.9 Å². The maximum Gasteiger partial charge on any atom is 0.249 e. The van der Waals surface area contributed by atoms with Crippen LogP contribution in [0.2, 0.25) is 0 Å². The van der Waals surface area contributed by atoms with E-state index in [0.717, 1.165) is 95.0 Å². The van der Waals surface area contributed by atoms with Crippen molar-refractivity contribution in [1.82, 2.24) is 9.13 Å². The Labute approximate surface area is 440 Å². The molecule has 0 N–H and O–H groups in total. The molecule has 0 spiro atoms. The number of aromatic nitrogens is 2. The number of rotatable bonds is 7. The molecule has 8 heteroatoms. The Balaban J connectivity index is 1.04. The number of para-hydroxylation sites is 3. The molecule has 0 fully saturated rings. The molecule has 0 atom stereocenters. The Morgan fingerprint density at radius 1 is 0.480 bits per heavy atom. The average Bonchev–Trinajstić information content (AvgIpc) is 4.05. The van der Waals surface area contributed by atoms with Gasteiger partial charge in [-0.15, -0.1) is 0 Å². The van der Waals surface area contributed by atoms with Gasteiger partial charge in [0, 0.05) is 65.2 Å². The fourth-order valence-electron chi connectivity index (χ4n) is 12.0. The largest absolute Gasteiger partial charge is 0.497 e. The first-order valence-corrected chi connectivity index (χ1v) is 26.3. The number of anilines is 3. The van der Waals surface area contributed by atoms with Crippen LogP contribution in [0.4, 0.5) is 17.1 Å². The third kappa shape index (κ3) is 6.95. The summed E-state index contributed by atoms with van der Waals surface area (Å²) in [5.41, 5.74) is 19.9. The van der Waals surface area contributed by atoms with Crippen molar-refractivity contribution in [1.29, 1.82) is 5.26 Å². The van der Waals surface area contributed by atoms with E-state index in [0.29, 0.717) is 5.56 Å². The smallest absolute Gasteiger partial charge is 0.249 e. The Bertz CT molecular complexity index is 4280. The number of nitriles is 1. The number of methoxy groups -OCH3 is 2. The molecular formula is C67H49BN4O2S. The van der Waals surface area contributed by atoms with Crippen molar-refractivity contribution < 1.29 is 9.47 Å². The SMILES string of the molecule is COc1cccc(-c2cccc(-c3cccc(OC)c3)c2N2c3cc(-n4c5ccccc5c5ccccc54)ccc3B3c4ccc(-n5c6ccc(C#N)cc6c6cc(C(C)(C)C)ccc65)cc4Sc4cccc2c43)c1. The lowest BCUT2D eigenvalue weighted by Gasteiger charge is -2.41. The van der Waals surface area contributed by atoms with Gasteiger partial charge in [-0.3, -0.25) is 0 Å². The summed E-state index contributed by atoms with van der Waals surface area (Å²) in [5, 5.41) is 14.7. The third-order valence-corrected chi connectivity index (χ3v) is 16.7. The van der Waals surface area contributed by atoms with Gasteiger partial charge in [0.2, 0.25) is 6.71 Å². The first-order chi connectivity index (χ1) is 36.7. The first kappa shape index (κ1) is 44.8. The highest BCUT2D eigenvalue weighted by Crippen LogP contribution is 2.50. The Morgan fingerprint density at radius 3 is 1.69 bits per heavy atom. The summed E-state index contributed by atoms with van der Waals surface area (Å²) >= 11 is 1.85. The normalized spacial score (nSPS) is 12.7. The molecular weight excluding hydrogens is 936 g/mol. The second-order valence-electron chi connectivity index (χ2n) is 20.7. The van der Waals surface area contributed by atoms with Crippen molar-refractivity contribution in [3.63, 3.8) is 0 Å². The molecule has 12 aromatic rings. The van der Waals surface area contributed by atoms with Crippen molar-refractivity contribution in [3.05, 3.63) is 217 Å². The van der Waals surface area contributed by atoms with Gasteiger partial charge in [0.05, 0.1) is 53.6 Å². The van der Waals surface area contributed by atoms with Crippen molar-refractivity contribution in [2.75, 3.05) is 19.1 Å². The summed E-state index contributed by atoms with van der Waals surface area (Å²) in [4.78, 5) is 4.99. The zero-order valence-corrected chi connectivity index (χ0v) is 43.0. The molecule has 14 rings (SSSR count). The highest BCUT2D eigenvalue weighted by atomic mass is 32.2. The van der Waals surface area contributed by atoms with Crippen LogP contribution in [0.15, 0.2) is 216 Å². The molecule has 75 heavy (non-hydrogen) atoms. The van der Waals surface area contributed by atoms with Gasteiger partial charge in [0.25, 0.3) is 0 Å². The maximum absolute atomic E-state index is 10.1. The first-order valence-electron chi connectivity index (χ1n) is 25.5. The standard InChI is InChI=1S/C67H49BN4O2S/c1-67(2,3)44-27-33-60-54(37-44)53-34-41(40-69)26-32-59(53)71(60)46-29-31-56-64(39-46)75-63-25-13-24-61-65(63)68(56)55-30-28-45(70-57-22-8-6-18-51(57)52-19-7-9-23-58(52)70)38-62(55)72(61)66-49(42-14-10-16-47(35-42)73-4)20-12-21-50(66)43-15-11-17-48(36-43)74-5/h6-39H,1-5H3. The Morgan fingerprint density at radius 2 is 1.05 bits per heavy atom. The van der Waals surface area contributed by atoms with Crippen LogP contribution in [-0.2, 0) is 5.41 Å². The van der Waals surface area contributed by atoms with Gasteiger partial charge in [-0.25, -0.2) is 0 Å². The van der Waals surface area contributed by atoms with Gasteiger partial charge in [-0.1, -0.05) is 141 Å². The van der Waals surface area contributed by atoms with E-state index in [4.69, 9.17) is 9.47 Å². The van der Waals surface area contributed by atoms with E-state index >= 15 is 0 Å². The summed E-state index contributed by atoms with van der Waals surface area (Å²) in [6, 6.07) is 77.4. The molecule has 2 aromatic heterocycles. The summed E-state index contributed by atoms with van der Waals surface area (Å²) in [7, 11) is 3.46. The van der Waals surface area contributed by atoms with Crippen molar-refractivity contribution in [2.45, 2.75) is 36.0 Å². The van der Waals surface area contributed by atoms with Crippen molar-refractivity contribution in [2.24, 2.45) is 0 Å². The van der Waals surface area contributed by atoms with Gasteiger partial charge in [-0.05, 0) is 136 Å². The molecule has 0 unspecified atom stereocenters. The molecule has 0 radical (unpaired) electrons. The number of ether oxygens (including phenoxy) is 2. The molecule has 4 heterocycles. The monoisotopic (exact) mass is 984 g/mol. The quantitative estimate of drug-likeness (QED) is 0.149. The molecule has 0 bridgehead atoms. The summed E-state index contributed by atoms with van der Waals surface area (Å²) < 4.78 is 16.6. The van der Waals surface area contributed by atoms with Gasteiger partial charge in [0.1, 0.15) is 11.5 Å². The van der Waals surface area contributed by atoms with E-state index in [1.54, 1.807) is 14.2 Å². The van der Waals surface area contributed by atoms with Crippen LogP contribution in [0.25, 0.3) is 77.2 Å². The van der Waals surface area contributed by atoms with Crippen LogP contribution >= 0.6 is 11.8 Å².